The molecule has 0 saturated heterocycles. The molecular weight excluding hydrogens is 480 g/mol. The van der Waals surface area contributed by atoms with Gasteiger partial charge in [0.25, 0.3) is 0 Å². The summed E-state index contributed by atoms with van der Waals surface area (Å²) >= 11 is 0. The Morgan fingerprint density at radius 1 is 0.789 bits per heavy atom. The molecule has 0 heterocycles. The molecule has 0 aliphatic rings. The molecule has 3 N–H and O–H groups in total. The van der Waals surface area contributed by atoms with E-state index in [1.54, 1.807) is 0 Å². The molecule has 222 valence electrons. The van der Waals surface area contributed by atoms with Crippen LogP contribution in [0.3, 0.4) is 0 Å². The van der Waals surface area contributed by atoms with Gasteiger partial charge in [0.15, 0.2) is 0 Å². The zero-order valence-corrected chi connectivity index (χ0v) is 25.8. The van der Waals surface area contributed by atoms with E-state index < -0.39 is 0 Å². The van der Waals surface area contributed by atoms with Crippen LogP contribution in [0.15, 0.2) is 10.1 Å². The lowest BCUT2D eigenvalue weighted by atomic mass is 9.91. The number of ether oxygens (including phenoxy) is 1. The first kappa shape index (κ1) is 36.4. The molecule has 0 amide bonds. The predicted molar refractivity (Wildman–Crippen MR) is 159 cm³/mol. The summed E-state index contributed by atoms with van der Waals surface area (Å²) in [4.78, 5) is 28.8. The van der Waals surface area contributed by atoms with Crippen molar-refractivity contribution >= 4 is 23.0 Å². The van der Waals surface area contributed by atoms with Gasteiger partial charge in [0.1, 0.15) is 11.6 Å². The molecule has 0 aromatic rings. The van der Waals surface area contributed by atoms with Gasteiger partial charge in [-0.15, -0.1) is 0 Å². The van der Waals surface area contributed by atoms with Crippen molar-refractivity contribution in [3.63, 3.8) is 0 Å². The molecule has 0 aromatic carbocycles. The molecule has 0 spiro atoms. The van der Waals surface area contributed by atoms with Crippen LogP contribution < -0.4 is 10.6 Å². The van der Waals surface area contributed by atoms with Gasteiger partial charge in [0, 0.05) is 51.7 Å². The topological polar surface area (TPSA) is 112 Å². The average molecular weight is 539 g/mol. The summed E-state index contributed by atoms with van der Waals surface area (Å²) < 4.78 is 5.42. The highest BCUT2D eigenvalue weighted by molar-refractivity contribution is 5.90. The van der Waals surface area contributed by atoms with Crippen LogP contribution in [0, 0.1) is 5.92 Å². The summed E-state index contributed by atoms with van der Waals surface area (Å²) in [6, 6.07) is 0. The van der Waals surface area contributed by atoms with Crippen LogP contribution in [0.25, 0.3) is 0 Å². The number of hydrogen-bond acceptors (Lipinski definition) is 8. The Hall–Kier alpha value is -1.64. The van der Waals surface area contributed by atoms with Gasteiger partial charge < -0.3 is 20.6 Å². The Bertz CT molecular complexity index is 696. The summed E-state index contributed by atoms with van der Waals surface area (Å²) in [6.45, 7) is 17.3. The second-order valence-electron chi connectivity index (χ2n) is 11.6. The first-order valence-corrected chi connectivity index (χ1v) is 14.6. The van der Waals surface area contributed by atoms with E-state index in [-0.39, 0.29) is 22.6 Å². The maximum Gasteiger partial charge on any atom is 0.133 e. The third kappa shape index (κ3) is 17.0. The summed E-state index contributed by atoms with van der Waals surface area (Å²) in [5.41, 5.74) is 1.21. The number of aliphatic imine (C=N–C) groups is 1. The quantitative estimate of drug-likeness (QED) is 0.0625. The molecule has 1 atom stereocenters. The number of Topliss-reactive ketones (excluding diaryl/α,β-unsaturated/α-hetero) is 2. The fraction of sp³-hybridized carbons (Fsp3) is 0.867. The second-order valence-corrected chi connectivity index (χ2v) is 11.6. The number of nitrogens with one attached hydrogen (secondary N) is 2. The number of carbonyl (C=O) groups excluding carboxylic acids is 2. The molecule has 1 unspecified atom stereocenters. The van der Waals surface area contributed by atoms with Gasteiger partial charge in [-0.25, -0.2) is 0 Å². The van der Waals surface area contributed by atoms with Gasteiger partial charge in [-0.2, -0.15) is 0 Å². The van der Waals surface area contributed by atoms with Gasteiger partial charge >= 0.3 is 0 Å². The van der Waals surface area contributed by atoms with Crippen molar-refractivity contribution < 1.29 is 19.5 Å². The first-order chi connectivity index (χ1) is 17.9. The van der Waals surface area contributed by atoms with Crippen LogP contribution in [0.5, 0.6) is 0 Å². The number of ketones is 2. The second kappa shape index (κ2) is 20.3. The minimum Gasteiger partial charge on any atom is -0.411 e. The lowest BCUT2D eigenvalue weighted by molar-refractivity contribution is -0.120. The highest BCUT2D eigenvalue weighted by atomic mass is 16.5. The van der Waals surface area contributed by atoms with E-state index >= 15 is 0 Å². The number of nitrogens with zero attached hydrogens (tertiary/aromatic N) is 2. The highest BCUT2D eigenvalue weighted by Crippen LogP contribution is 2.19. The summed E-state index contributed by atoms with van der Waals surface area (Å²) in [5.74, 6) is 0.954. The van der Waals surface area contributed by atoms with Crippen LogP contribution in [0.4, 0.5) is 0 Å². The Kier molecular flexibility index (Phi) is 19.4. The number of oxime groups is 1. The first-order valence-electron chi connectivity index (χ1n) is 14.6. The lowest BCUT2D eigenvalue weighted by Crippen LogP contribution is -2.47. The summed E-state index contributed by atoms with van der Waals surface area (Å²) in [7, 11) is 1.82. The zero-order valence-electron chi connectivity index (χ0n) is 25.8. The van der Waals surface area contributed by atoms with E-state index in [0.717, 1.165) is 63.9 Å². The molecule has 38 heavy (non-hydrogen) atoms. The monoisotopic (exact) mass is 538 g/mol. The largest absolute Gasteiger partial charge is 0.411 e. The van der Waals surface area contributed by atoms with Crippen molar-refractivity contribution in [3.8, 4) is 0 Å². The van der Waals surface area contributed by atoms with E-state index in [2.05, 4.69) is 41.6 Å². The maximum atomic E-state index is 12.4. The van der Waals surface area contributed by atoms with Crippen LogP contribution in [-0.4, -0.2) is 72.6 Å². The minimum atomic E-state index is -0.371. The van der Waals surface area contributed by atoms with Gasteiger partial charge in [-0.3, -0.25) is 14.6 Å². The predicted octanol–water partition coefficient (Wildman–Crippen LogP) is 5.75. The van der Waals surface area contributed by atoms with Crippen LogP contribution in [0.2, 0.25) is 0 Å². The number of hydrogen-bond donors (Lipinski definition) is 3. The molecule has 0 aliphatic carbocycles. The fourth-order valence-electron chi connectivity index (χ4n) is 4.21. The normalized spacial score (nSPS) is 14.1. The summed E-state index contributed by atoms with van der Waals surface area (Å²) in [5, 5.41) is 19.6. The van der Waals surface area contributed by atoms with Crippen molar-refractivity contribution in [3.05, 3.63) is 0 Å². The molecule has 0 aliphatic heterocycles. The van der Waals surface area contributed by atoms with Crippen molar-refractivity contribution in [1.29, 1.82) is 0 Å². The molecular formula is C30H58N4O4. The Morgan fingerprint density at radius 2 is 1.29 bits per heavy atom. The molecule has 0 fully saturated rings. The van der Waals surface area contributed by atoms with Crippen LogP contribution in [0.1, 0.15) is 119 Å². The van der Waals surface area contributed by atoms with Gasteiger partial charge in [-0.05, 0) is 105 Å². The van der Waals surface area contributed by atoms with E-state index in [9.17, 15) is 9.59 Å². The number of carbonyl (C=O) groups is 2. The van der Waals surface area contributed by atoms with Crippen molar-refractivity contribution in [2.75, 3.05) is 33.4 Å². The Balaban J connectivity index is 4.56. The minimum absolute atomic E-state index is 0.149. The number of rotatable bonds is 24. The third-order valence-corrected chi connectivity index (χ3v) is 7.61. The van der Waals surface area contributed by atoms with Crippen LogP contribution >= 0.6 is 0 Å². The van der Waals surface area contributed by atoms with Crippen molar-refractivity contribution in [2.24, 2.45) is 16.1 Å². The average Bonchev–Trinajstić information content (AvgIpc) is 2.86. The molecule has 0 saturated carbocycles. The van der Waals surface area contributed by atoms with E-state index in [4.69, 9.17) is 9.94 Å². The Morgan fingerprint density at radius 3 is 1.79 bits per heavy atom. The molecule has 8 heteroatoms. The van der Waals surface area contributed by atoms with Gasteiger partial charge in [0.2, 0.25) is 0 Å². The third-order valence-electron chi connectivity index (χ3n) is 7.61. The smallest absolute Gasteiger partial charge is 0.133 e. The zero-order chi connectivity index (χ0) is 29.0. The SMILES string of the molecule is CCCOCCCC(=O)CCCC(=O)CCCC(CCNC(C)(C)C(C)=NC)CCNC(C)(C)/C(C)=N\O. The van der Waals surface area contributed by atoms with Crippen LogP contribution in [-0.2, 0) is 14.3 Å². The van der Waals surface area contributed by atoms with Gasteiger partial charge in [0.05, 0.1) is 16.8 Å². The van der Waals surface area contributed by atoms with Crippen molar-refractivity contribution in [2.45, 2.75) is 130 Å². The lowest BCUT2D eigenvalue weighted by Gasteiger charge is -2.29. The molecule has 8 nitrogen and oxygen atoms in total. The highest BCUT2D eigenvalue weighted by Gasteiger charge is 2.23. The molecule has 0 aromatic heterocycles. The van der Waals surface area contributed by atoms with E-state index in [0.29, 0.717) is 50.3 Å². The molecule has 0 radical (unpaired) electrons. The fourth-order valence-corrected chi connectivity index (χ4v) is 4.21. The Labute approximate surface area is 232 Å². The van der Waals surface area contributed by atoms with E-state index in [1.807, 2.05) is 34.7 Å². The van der Waals surface area contributed by atoms with E-state index in [1.165, 1.54) is 0 Å². The molecule has 0 rings (SSSR count). The molecule has 0 bridgehead atoms. The standard InChI is InChI=1S/C30H58N4O4/c1-9-22-38-23-12-17-28(36)16-11-15-27(35)14-10-13-26(18-20-32-29(4,5)24(2)31-8)19-21-33-30(6,7)25(3)34-37/h26,32-33,37H,9-23H2,1-8H3/b31-24?,34-25-. The maximum absolute atomic E-state index is 12.4. The van der Waals surface area contributed by atoms with Crippen molar-refractivity contribution in [1.82, 2.24) is 10.6 Å². The van der Waals surface area contributed by atoms with Gasteiger partial charge in [-0.1, -0.05) is 12.1 Å². The summed E-state index contributed by atoms with van der Waals surface area (Å²) in [6.07, 6.45) is 8.36.